The summed E-state index contributed by atoms with van der Waals surface area (Å²) >= 11 is 6.70. The minimum absolute atomic E-state index is 0.152. The van der Waals surface area contributed by atoms with Gasteiger partial charge in [-0.15, -0.1) is 0 Å². The highest BCUT2D eigenvalue weighted by Gasteiger charge is 2.25. The summed E-state index contributed by atoms with van der Waals surface area (Å²) in [6.45, 7) is 0. The van der Waals surface area contributed by atoms with Gasteiger partial charge in [0.05, 0.1) is 25.4 Å². The molecule has 4 nitrogen and oxygen atoms in total. The third kappa shape index (κ3) is 4.13. The van der Waals surface area contributed by atoms with Crippen LogP contribution < -0.4 is 0 Å². The topological polar surface area (TPSA) is 52.6 Å². The molecule has 0 spiro atoms. The number of esters is 2. The Hall–Kier alpha value is -1.92. The summed E-state index contributed by atoms with van der Waals surface area (Å²) in [6, 6.07) is 14.1. The molecule has 2 rings (SSSR count). The molecule has 124 valence electrons. The minimum Gasteiger partial charge on any atom is -0.465 e. The zero-order valence-electron chi connectivity index (χ0n) is 13.0. The summed E-state index contributed by atoms with van der Waals surface area (Å²) in [4.78, 5) is 24.8. The van der Waals surface area contributed by atoms with E-state index in [-0.39, 0.29) is 11.1 Å². The van der Waals surface area contributed by atoms with Crippen molar-refractivity contribution in [2.75, 3.05) is 14.2 Å². The van der Waals surface area contributed by atoms with Crippen LogP contribution in [0.25, 0.3) is 11.1 Å². The van der Waals surface area contributed by atoms with Crippen molar-refractivity contribution in [1.82, 2.24) is 0 Å². The summed E-state index contributed by atoms with van der Waals surface area (Å²) in [6.07, 6.45) is 0. The van der Waals surface area contributed by atoms with Crippen LogP contribution in [0.1, 0.15) is 11.1 Å². The summed E-state index contributed by atoms with van der Waals surface area (Å²) in [5.41, 5.74) is 1.43. The molecule has 2 aromatic carbocycles. The van der Waals surface area contributed by atoms with Crippen LogP contribution >= 0.6 is 31.9 Å². The van der Waals surface area contributed by atoms with E-state index >= 15 is 0 Å². The van der Waals surface area contributed by atoms with Gasteiger partial charge >= 0.3 is 11.9 Å². The van der Waals surface area contributed by atoms with Crippen molar-refractivity contribution in [3.8, 4) is 0 Å². The Balaban J connectivity index is 2.77. The van der Waals surface area contributed by atoms with Gasteiger partial charge in [0, 0.05) is 8.95 Å². The van der Waals surface area contributed by atoms with Gasteiger partial charge in [0.2, 0.25) is 0 Å². The number of ether oxygens (including phenoxy) is 2. The van der Waals surface area contributed by atoms with Crippen LogP contribution in [0.3, 0.4) is 0 Å². The van der Waals surface area contributed by atoms with Gasteiger partial charge in [-0.1, -0.05) is 56.1 Å². The van der Waals surface area contributed by atoms with Gasteiger partial charge in [0.25, 0.3) is 0 Å². The lowest BCUT2D eigenvalue weighted by molar-refractivity contribution is -0.135. The van der Waals surface area contributed by atoms with E-state index in [1.165, 1.54) is 14.2 Å². The van der Waals surface area contributed by atoms with Crippen molar-refractivity contribution in [3.05, 3.63) is 68.6 Å². The Labute approximate surface area is 156 Å². The average Bonchev–Trinajstić information content (AvgIpc) is 2.60. The van der Waals surface area contributed by atoms with Gasteiger partial charge in [-0.3, -0.25) is 0 Å². The van der Waals surface area contributed by atoms with Gasteiger partial charge < -0.3 is 9.47 Å². The minimum atomic E-state index is -0.611. The van der Waals surface area contributed by atoms with E-state index in [1.54, 1.807) is 48.5 Å². The van der Waals surface area contributed by atoms with E-state index in [0.29, 0.717) is 11.1 Å². The molecule has 0 heterocycles. The Morgan fingerprint density at radius 1 is 0.667 bits per heavy atom. The molecule has 0 aromatic heterocycles. The van der Waals surface area contributed by atoms with Gasteiger partial charge in [0.1, 0.15) is 0 Å². The second kappa shape index (κ2) is 8.26. The van der Waals surface area contributed by atoms with Crippen LogP contribution in [-0.4, -0.2) is 26.2 Å². The van der Waals surface area contributed by atoms with Gasteiger partial charge in [0.15, 0.2) is 0 Å². The van der Waals surface area contributed by atoms with Crippen molar-refractivity contribution in [1.29, 1.82) is 0 Å². The van der Waals surface area contributed by atoms with Crippen LogP contribution in [0.2, 0.25) is 0 Å². The fourth-order valence-electron chi connectivity index (χ4n) is 2.17. The van der Waals surface area contributed by atoms with Gasteiger partial charge in [-0.2, -0.15) is 0 Å². The van der Waals surface area contributed by atoms with E-state index in [2.05, 4.69) is 31.9 Å². The first kappa shape index (κ1) is 18.4. The molecule has 2 aromatic rings. The standard InChI is InChI=1S/C18H14Br2O4/c1-23-17(21)15(11-3-7-13(19)8-4-11)16(18(22)24-2)12-5-9-14(20)10-6-12/h3-10H,1-2H3/b16-15+. The highest BCUT2D eigenvalue weighted by atomic mass is 79.9. The smallest absolute Gasteiger partial charge is 0.339 e. The normalized spacial score (nSPS) is 11.5. The molecule has 0 aliphatic heterocycles. The molecular weight excluding hydrogens is 440 g/mol. The summed E-state index contributed by atoms with van der Waals surface area (Å²) in [7, 11) is 2.55. The molecule has 0 radical (unpaired) electrons. The third-order valence-corrected chi connectivity index (χ3v) is 4.35. The van der Waals surface area contributed by atoms with Crippen LogP contribution in [0.4, 0.5) is 0 Å². The highest BCUT2D eigenvalue weighted by molar-refractivity contribution is 9.10. The predicted octanol–water partition coefficient (Wildman–Crippen LogP) is 4.47. The lowest BCUT2D eigenvalue weighted by atomic mass is 9.94. The van der Waals surface area contributed by atoms with Crippen molar-refractivity contribution >= 4 is 54.9 Å². The second-order valence-electron chi connectivity index (χ2n) is 4.75. The SMILES string of the molecule is COC(=O)/C(=C(/C(=O)OC)c1ccc(Br)cc1)c1ccc(Br)cc1. The lowest BCUT2D eigenvalue weighted by Crippen LogP contribution is -2.13. The second-order valence-corrected chi connectivity index (χ2v) is 6.58. The number of hydrogen-bond acceptors (Lipinski definition) is 4. The van der Waals surface area contributed by atoms with E-state index in [0.717, 1.165) is 8.95 Å². The molecular formula is C18H14Br2O4. The molecule has 0 saturated heterocycles. The van der Waals surface area contributed by atoms with E-state index in [1.807, 2.05) is 0 Å². The van der Waals surface area contributed by atoms with Crippen LogP contribution in [0, 0.1) is 0 Å². The molecule has 0 atom stereocenters. The summed E-state index contributed by atoms with van der Waals surface area (Å²) in [5, 5.41) is 0. The van der Waals surface area contributed by atoms with Gasteiger partial charge in [-0.25, -0.2) is 9.59 Å². The number of halogens is 2. The maximum atomic E-state index is 12.4. The quantitative estimate of drug-likeness (QED) is 0.389. The number of methoxy groups -OCH3 is 2. The molecule has 0 saturated carbocycles. The number of hydrogen-bond donors (Lipinski definition) is 0. The molecule has 0 unspecified atom stereocenters. The lowest BCUT2D eigenvalue weighted by Gasteiger charge is -2.13. The number of benzene rings is 2. The first-order valence-corrected chi connectivity index (χ1v) is 8.49. The summed E-state index contributed by atoms with van der Waals surface area (Å²) in [5.74, 6) is -1.22. The van der Waals surface area contributed by atoms with Crippen molar-refractivity contribution in [2.45, 2.75) is 0 Å². The zero-order valence-corrected chi connectivity index (χ0v) is 16.2. The fourth-order valence-corrected chi connectivity index (χ4v) is 2.69. The Bertz CT molecular complexity index is 710. The van der Waals surface area contributed by atoms with Crippen LogP contribution in [0.15, 0.2) is 57.5 Å². The Morgan fingerprint density at radius 2 is 0.958 bits per heavy atom. The van der Waals surface area contributed by atoms with Crippen molar-refractivity contribution in [3.63, 3.8) is 0 Å². The first-order chi connectivity index (χ1) is 11.5. The van der Waals surface area contributed by atoms with Gasteiger partial charge in [-0.05, 0) is 35.4 Å². The molecule has 0 N–H and O–H groups in total. The van der Waals surface area contributed by atoms with Crippen LogP contribution in [-0.2, 0) is 19.1 Å². The van der Waals surface area contributed by atoms with Crippen LogP contribution in [0.5, 0.6) is 0 Å². The molecule has 6 heteroatoms. The first-order valence-electron chi connectivity index (χ1n) is 6.90. The van der Waals surface area contributed by atoms with E-state index in [9.17, 15) is 9.59 Å². The molecule has 0 aliphatic rings. The number of rotatable bonds is 4. The molecule has 0 bridgehead atoms. The molecule has 0 aliphatic carbocycles. The fraction of sp³-hybridized carbons (Fsp3) is 0.111. The largest absolute Gasteiger partial charge is 0.465 e. The number of carbonyl (C=O) groups is 2. The maximum Gasteiger partial charge on any atom is 0.339 e. The molecule has 24 heavy (non-hydrogen) atoms. The predicted molar refractivity (Wildman–Crippen MR) is 99.1 cm³/mol. The maximum absolute atomic E-state index is 12.4. The zero-order chi connectivity index (χ0) is 17.7. The molecule has 0 fully saturated rings. The molecule has 0 amide bonds. The average molecular weight is 454 g/mol. The van der Waals surface area contributed by atoms with Crippen molar-refractivity contribution < 1.29 is 19.1 Å². The Kier molecular flexibility index (Phi) is 6.34. The number of carbonyl (C=O) groups excluding carboxylic acids is 2. The third-order valence-electron chi connectivity index (χ3n) is 3.29. The Morgan fingerprint density at radius 3 is 1.21 bits per heavy atom. The van der Waals surface area contributed by atoms with E-state index < -0.39 is 11.9 Å². The highest BCUT2D eigenvalue weighted by Crippen LogP contribution is 2.30. The monoisotopic (exact) mass is 452 g/mol. The van der Waals surface area contributed by atoms with E-state index in [4.69, 9.17) is 9.47 Å². The van der Waals surface area contributed by atoms with Crippen molar-refractivity contribution in [2.24, 2.45) is 0 Å². The summed E-state index contributed by atoms with van der Waals surface area (Å²) < 4.78 is 11.5.